The van der Waals surface area contributed by atoms with Gasteiger partial charge in [-0.15, -0.1) is 0 Å². The van der Waals surface area contributed by atoms with Gasteiger partial charge in [-0.25, -0.2) is 14.6 Å². The molecule has 0 saturated heterocycles. The molecule has 7 nitrogen and oxygen atoms in total. The van der Waals surface area contributed by atoms with Gasteiger partial charge in [-0.2, -0.15) is 0 Å². The molecule has 0 spiro atoms. The van der Waals surface area contributed by atoms with Crippen molar-refractivity contribution in [1.82, 2.24) is 0 Å². The van der Waals surface area contributed by atoms with Gasteiger partial charge in [-0.05, 0) is 54.5 Å². The van der Waals surface area contributed by atoms with Crippen LogP contribution in [0.1, 0.15) is 28.8 Å². The molecule has 1 aliphatic rings. The molecule has 0 radical (unpaired) electrons. The smallest absolute Gasteiger partial charge is 0.335 e. The van der Waals surface area contributed by atoms with Crippen molar-refractivity contribution in [3.05, 3.63) is 82.3 Å². The van der Waals surface area contributed by atoms with Gasteiger partial charge in [-0.1, -0.05) is 12.1 Å². The predicted molar refractivity (Wildman–Crippen MR) is 113 cm³/mol. The third kappa shape index (κ3) is 3.76. The Hall–Kier alpha value is -4.05. The molecule has 0 aromatic heterocycles. The van der Waals surface area contributed by atoms with E-state index in [0.717, 1.165) is 5.69 Å². The summed E-state index contributed by atoms with van der Waals surface area (Å²) in [5.74, 6) is -3.66. The van der Waals surface area contributed by atoms with Crippen molar-refractivity contribution in [2.24, 2.45) is 4.99 Å². The SMILES string of the molecule is [C-]#[N+]C1=C(C)C(=Nc2ccc(N(C)C)cc2)C(=O)C(c2cccc(C(=O)O)c2)C1=O. The van der Waals surface area contributed by atoms with Crippen LogP contribution >= 0.6 is 0 Å². The summed E-state index contributed by atoms with van der Waals surface area (Å²) in [6.07, 6.45) is 0. The highest BCUT2D eigenvalue weighted by Gasteiger charge is 2.40. The van der Waals surface area contributed by atoms with Crippen LogP contribution < -0.4 is 4.90 Å². The Kier molecular flexibility index (Phi) is 5.61. The van der Waals surface area contributed by atoms with Crippen LogP contribution in [0.4, 0.5) is 11.4 Å². The Balaban J connectivity index is 2.12. The second-order valence-electron chi connectivity index (χ2n) is 7.05. The molecular weight excluding hydrogens is 382 g/mol. The standard InChI is InChI=1S/C23H19N3O4/c1-13-19(24-2)21(27)18(14-6-5-7-15(12-14)23(29)30)22(28)20(13)25-16-8-10-17(11-9-16)26(3)4/h5-12,18H,1,3-4H3,(H,29,30). The summed E-state index contributed by atoms with van der Waals surface area (Å²) in [5, 5.41) is 9.23. The number of ketones is 2. The molecule has 0 saturated carbocycles. The lowest BCUT2D eigenvalue weighted by atomic mass is 9.79. The van der Waals surface area contributed by atoms with E-state index in [9.17, 15) is 19.5 Å². The van der Waals surface area contributed by atoms with E-state index < -0.39 is 23.5 Å². The Morgan fingerprint density at radius 2 is 1.77 bits per heavy atom. The Bertz CT molecular complexity index is 1150. The molecule has 30 heavy (non-hydrogen) atoms. The quantitative estimate of drug-likeness (QED) is 0.624. The first-order valence-electron chi connectivity index (χ1n) is 9.11. The molecule has 0 aliphatic heterocycles. The second kappa shape index (κ2) is 8.13. The zero-order valence-electron chi connectivity index (χ0n) is 16.7. The number of carboxylic acid groups (broad SMARTS) is 1. The fraction of sp³-hybridized carbons (Fsp3) is 0.174. The first-order valence-corrected chi connectivity index (χ1v) is 9.11. The Morgan fingerprint density at radius 1 is 1.10 bits per heavy atom. The molecular formula is C23H19N3O4. The van der Waals surface area contributed by atoms with Crippen LogP contribution in [0.15, 0.2) is 64.8 Å². The van der Waals surface area contributed by atoms with Crippen molar-refractivity contribution >= 4 is 34.6 Å². The number of hydrogen-bond acceptors (Lipinski definition) is 5. The van der Waals surface area contributed by atoms with E-state index in [1.807, 2.05) is 31.1 Å². The van der Waals surface area contributed by atoms with Gasteiger partial charge in [0.2, 0.25) is 5.70 Å². The molecule has 2 aromatic rings. The lowest BCUT2D eigenvalue weighted by molar-refractivity contribution is -0.124. The van der Waals surface area contributed by atoms with Crippen molar-refractivity contribution in [3.63, 3.8) is 0 Å². The van der Waals surface area contributed by atoms with Gasteiger partial charge >= 0.3 is 5.97 Å². The number of aliphatic imine (C=N–C) groups is 1. The fourth-order valence-electron chi connectivity index (χ4n) is 3.26. The van der Waals surface area contributed by atoms with Gasteiger partial charge in [0.1, 0.15) is 11.6 Å². The summed E-state index contributed by atoms with van der Waals surface area (Å²) < 4.78 is 0. The molecule has 0 bridgehead atoms. The number of Topliss-reactive ketones (excluding diaryl/α,β-unsaturated/α-hetero) is 2. The van der Waals surface area contributed by atoms with E-state index in [1.165, 1.54) is 31.2 Å². The average Bonchev–Trinajstić information content (AvgIpc) is 2.72. The summed E-state index contributed by atoms with van der Waals surface area (Å²) >= 11 is 0. The first-order chi connectivity index (χ1) is 14.2. The topological polar surface area (TPSA) is 91.4 Å². The molecule has 1 atom stereocenters. The van der Waals surface area contributed by atoms with Gasteiger partial charge in [0.05, 0.1) is 17.8 Å². The van der Waals surface area contributed by atoms with Gasteiger partial charge in [0.25, 0.3) is 0 Å². The van der Waals surface area contributed by atoms with Crippen molar-refractivity contribution in [3.8, 4) is 0 Å². The normalized spacial score (nSPS) is 17.8. The van der Waals surface area contributed by atoms with Gasteiger partial charge in [-0.3, -0.25) is 4.79 Å². The Labute approximate surface area is 173 Å². The number of nitrogens with zero attached hydrogens (tertiary/aromatic N) is 3. The lowest BCUT2D eigenvalue weighted by Gasteiger charge is -2.23. The summed E-state index contributed by atoms with van der Waals surface area (Å²) in [7, 11) is 3.81. The van der Waals surface area contributed by atoms with Gasteiger partial charge < -0.3 is 14.8 Å². The van der Waals surface area contributed by atoms with E-state index >= 15 is 0 Å². The number of allylic oxidation sites excluding steroid dienone is 2. The van der Waals surface area contributed by atoms with Crippen molar-refractivity contribution in [2.75, 3.05) is 19.0 Å². The van der Waals surface area contributed by atoms with Crippen LogP contribution in [-0.4, -0.2) is 42.4 Å². The second-order valence-corrected chi connectivity index (χ2v) is 7.05. The monoisotopic (exact) mass is 401 g/mol. The largest absolute Gasteiger partial charge is 0.478 e. The number of carbonyl (C=O) groups excluding carboxylic acids is 2. The number of benzene rings is 2. The number of anilines is 1. The van der Waals surface area contributed by atoms with E-state index in [-0.39, 0.29) is 28.1 Å². The highest BCUT2D eigenvalue weighted by molar-refractivity contribution is 6.55. The van der Waals surface area contributed by atoms with Crippen LogP contribution in [0.5, 0.6) is 0 Å². The third-order valence-electron chi connectivity index (χ3n) is 4.89. The van der Waals surface area contributed by atoms with Gasteiger partial charge in [0, 0.05) is 19.8 Å². The van der Waals surface area contributed by atoms with Crippen LogP contribution in [0.2, 0.25) is 0 Å². The van der Waals surface area contributed by atoms with Crippen molar-refractivity contribution < 1.29 is 19.5 Å². The zero-order valence-corrected chi connectivity index (χ0v) is 16.7. The molecule has 1 unspecified atom stereocenters. The van der Waals surface area contributed by atoms with Crippen LogP contribution in [-0.2, 0) is 9.59 Å². The summed E-state index contributed by atoms with van der Waals surface area (Å²) in [5.41, 5.74) is 1.76. The maximum absolute atomic E-state index is 13.2. The minimum Gasteiger partial charge on any atom is -0.478 e. The van der Waals surface area contributed by atoms with Crippen molar-refractivity contribution in [2.45, 2.75) is 12.8 Å². The Morgan fingerprint density at radius 3 is 2.33 bits per heavy atom. The number of aromatic carboxylic acids is 1. The molecule has 0 amide bonds. The van der Waals surface area contributed by atoms with Crippen LogP contribution in [0, 0.1) is 6.57 Å². The van der Waals surface area contributed by atoms with Gasteiger partial charge in [0.15, 0.2) is 11.6 Å². The van der Waals surface area contributed by atoms with E-state index in [4.69, 9.17) is 6.57 Å². The average molecular weight is 401 g/mol. The van der Waals surface area contributed by atoms with E-state index in [0.29, 0.717) is 5.69 Å². The number of hydrogen-bond donors (Lipinski definition) is 1. The van der Waals surface area contributed by atoms with E-state index in [2.05, 4.69) is 9.84 Å². The zero-order chi connectivity index (χ0) is 22.0. The summed E-state index contributed by atoms with van der Waals surface area (Å²) in [6.45, 7) is 8.94. The maximum atomic E-state index is 13.2. The molecule has 0 fully saturated rings. The van der Waals surface area contributed by atoms with Crippen molar-refractivity contribution in [1.29, 1.82) is 0 Å². The van der Waals surface area contributed by atoms with E-state index in [1.54, 1.807) is 12.1 Å². The third-order valence-corrected chi connectivity index (χ3v) is 4.89. The predicted octanol–water partition coefficient (Wildman–Crippen LogP) is 3.65. The fourth-order valence-corrected chi connectivity index (χ4v) is 3.26. The molecule has 150 valence electrons. The molecule has 7 heteroatoms. The minimum atomic E-state index is -1.29. The summed E-state index contributed by atoms with van der Waals surface area (Å²) in [4.78, 5) is 47.1. The highest BCUT2D eigenvalue weighted by atomic mass is 16.4. The molecule has 3 rings (SSSR count). The highest BCUT2D eigenvalue weighted by Crippen LogP contribution is 2.32. The molecule has 2 aromatic carbocycles. The maximum Gasteiger partial charge on any atom is 0.335 e. The molecule has 1 N–H and O–H groups in total. The lowest BCUT2D eigenvalue weighted by Crippen LogP contribution is -2.35. The molecule has 0 heterocycles. The number of carboxylic acids is 1. The number of rotatable bonds is 4. The number of carbonyl (C=O) groups is 3. The van der Waals surface area contributed by atoms with Crippen LogP contribution in [0.25, 0.3) is 4.85 Å². The minimum absolute atomic E-state index is 0.0314. The first kappa shape index (κ1) is 20.7. The van der Waals surface area contributed by atoms with Crippen LogP contribution in [0.3, 0.4) is 0 Å². The summed E-state index contributed by atoms with van der Waals surface area (Å²) in [6, 6.07) is 12.8. The molecule has 1 aliphatic carbocycles.